The average molecular weight is 500 g/mol. The van der Waals surface area contributed by atoms with Gasteiger partial charge in [0.2, 0.25) is 17.7 Å². The predicted octanol–water partition coefficient (Wildman–Crippen LogP) is 2.20. The largest absolute Gasteiger partial charge is 0.496 e. The molecule has 3 fully saturated rings. The molecule has 3 heterocycles. The van der Waals surface area contributed by atoms with Crippen LogP contribution in [0.2, 0.25) is 0 Å². The fourth-order valence-electron chi connectivity index (χ4n) is 5.97. The molecule has 0 spiro atoms. The number of nitrogens with zero attached hydrogens (tertiary/aromatic N) is 2. The molecule has 5 atom stereocenters. The number of methoxy groups -OCH3 is 1. The van der Waals surface area contributed by atoms with Gasteiger partial charge < -0.3 is 25.3 Å². The van der Waals surface area contributed by atoms with Crippen molar-refractivity contribution in [3.63, 3.8) is 0 Å². The molecule has 0 radical (unpaired) electrons. The molecule has 0 unspecified atom stereocenters. The van der Waals surface area contributed by atoms with Crippen molar-refractivity contribution in [2.24, 2.45) is 17.8 Å². The number of rotatable bonds is 6. The first-order valence-electron chi connectivity index (χ1n) is 12.0. The van der Waals surface area contributed by atoms with Crippen LogP contribution in [0.1, 0.15) is 36.2 Å². The number of alkyl halides is 2. The quantitative estimate of drug-likeness (QED) is 0.562. The summed E-state index contributed by atoms with van der Waals surface area (Å²) in [6.07, 6.45) is -0.208. The zero-order valence-electron chi connectivity index (χ0n) is 19.7. The molecule has 5 rings (SSSR count). The first-order valence-corrected chi connectivity index (χ1v) is 12.0. The Hall–Kier alpha value is -3.68. The van der Waals surface area contributed by atoms with Crippen LogP contribution in [0.4, 0.5) is 8.78 Å². The van der Waals surface area contributed by atoms with Crippen molar-refractivity contribution >= 4 is 28.6 Å². The van der Waals surface area contributed by atoms with Crippen LogP contribution in [0, 0.1) is 29.1 Å². The van der Waals surface area contributed by atoms with Gasteiger partial charge in [-0.15, -0.1) is 0 Å². The van der Waals surface area contributed by atoms with Gasteiger partial charge in [0.25, 0.3) is 5.91 Å². The van der Waals surface area contributed by atoms with Crippen LogP contribution in [0.5, 0.6) is 5.75 Å². The van der Waals surface area contributed by atoms with Gasteiger partial charge in [0.1, 0.15) is 23.5 Å². The number of carbonyl (C=O) groups excluding carboxylic acids is 3. The van der Waals surface area contributed by atoms with E-state index < -0.39 is 60.4 Å². The Morgan fingerprint density at radius 3 is 2.86 bits per heavy atom. The summed E-state index contributed by atoms with van der Waals surface area (Å²) in [4.78, 5) is 43.3. The number of amides is 3. The topological polar surface area (TPSA) is 127 Å². The van der Waals surface area contributed by atoms with Crippen molar-refractivity contribution in [1.29, 1.82) is 5.26 Å². The van der Waals surface area contributed by atoms with Crippen LogP contribution < -0.4 is 15.4 Å². The van der Waals surface area contributed by atoms with Gasteiger partial charge in [-0.2, -0.15) is 5.26 Å². The molecular formula is C25H27F2N5O4. The number of halogens is 2. The van der Waals surface area contributed by atoms with E-state index in [9.17, 15) is 28.4 Å². The summed E-state index contributed by atoms with van der Waals surface area (Å²) >= 11 is 0. The van der Waals surface area contributed by atoms with Crippen LogP contribution >= 0.6 is 0 Å². The summed E-state index contributed by atoms with van der Waals surface area (Å²) in [6, 6.07) is 6.84. The number of fused-ring (bicyclic) bond motifs is 2. The summed E-state index contributed by atoms with van der Waals surface area (Å²) in [6.45, 7) is 0.528. The van der Waals surface area contributed by atoms with Gasteiger partial charge >= 0.3 is 0 Å². The molecule has 3 N–H and O–H groups in total. The molecule has 1 aromatic heterocycles. The average Bonchev–Trinajstić information content (AvgIpc) is 3.59. The number of carbonyl (C=O) groups is 3. The third-order valence-electron chi connectivity index (χ3n) is 7.63. The third kappa shape index (κ3) is 4.25. The second-order valence-corrected chi connectivity index (χ2v) is 9.90. The molecule has 190 valence electrons. The molecule has 0 bridgehead atoms. The Kier molecular flexibility index (Phi) is 6.06. The lowest BCUT2D eigenvalue weighted by Crippen LogP contribution is -2.51. The van der Waals surface area contributed by atoms with Crippen LogP contribution in [-0.2, 0) is 9.59 Å². The van der Waals surface area contributed by atoms with Crippen molar-refractivity contribution in [3.8, 4) is 11.8 Å². The SMILES string of the molecule is COc1cccc2[nH]c(C(=O)N3C[C@H]4CC(F)(F)C[C@H]4[C@@H]3C(=O)N[C@H](C#N)C[C@@H]3CCNC3=O)cc12. The molecule has 9 nitrogen and oxygen atoms in total. The minimum atomic E-state index is -2.91. The number of H-pyrrole nitrogens is 1. The van der Waals surface area contributed by atoms with E-state index in [1.54, 1.807) is 24.3 Å². The van der Waals surface area contributed by atoms with Crippen LogP contribution in [0.3, 0.4) is 0 Å². The predicted molar refractivity (Wildman–Crippen MR) is 124 cm³/mol. The summed E-state index contributed by atoms with van der Waals surface area (Å²) in [7, 11) is 1.52. The highest BCUT2D eigenvalue weighted by Crippen LogP contribution is 2.50. The van der Waals surface area contributed by atoms with E-state index in [0.717, 1.165) is 0 Å². The molecule has 11 heteroatoms. The highest BCUT2D eigenvalue weighted by Gasteiger charge is 2.58. The van der Waals surface area contributed by atoms with Crippen LogP contribution in [-0.4, -0.2) is 65.8 Å². The molecule has 1 saturated carbocycles. The Labute approximate surface area is 206 Å². The van der Waals surface area contributed by atoms with E-state index in [4.69, 9.17) is 4.74 Å². The minimum absolute atomic E-state index is 0.0198. The van der Waals surface area contributed by atoms with Crippen molar-refractivity contribution < 1.29 is 27.9 Å². The van der Waals surface area contributed by atoms with Crippen molar-refractivity contribution in [3.05, 3.63) is 30.0 Å². The monoisotopic (exact) mass is 499 g/mol. The van der Waals surface area contributed by atoms with Gasteiger partial charge in [-0.1, -0.05) is 6.07 Å². The zero-order chi connectivity index (χ0) is 25.6. The summed E-state index contributed by atoms with van der Waals surface area (Å²) < 4.78 is 33.9. The van der Waals surface area contributed by atoms with Gasteiger partial charge in [-0.3, -0.25) is 14.4 Å². The number of hydrogen-bond acceptors (Lipinski definition) is 5. The van der Waals surface area contributed by atoms with Gasteiger partial charge in [-0.25, -0.2) is 8.78 Å². The van der Waals surface area contributed by atoms with Crippen LogP contribution in [0.15, 0.2) is 24.3 Å². The Morgan fingerprint density at radius 1 is 1.36 bits per heavy atom. The number of ether oxygens (including phenoxy) is 1. The summed E-state index contributed by atoms with van der Waals surface area (Å²) in [5.74, 6) is -5.29. The lowest BCUT2D eigenvalue weighted by molar-refractivity contribution is -0.127. The van der Waals surface area contributed by atoms with Crippen molar-refractivity contribution in [1.82, 2.24) is 20.5 Å². The van der Waals surface area contributed by atoms with Crippen molar-refractivity contribution in [2.45, 2.75) is 43.7 Å². The molecule has 1 aromatic carbocycles. The van der Waals surface area contributed by atoms with Gasteiger partial charge in [0.05, 0.1) is 13.2 Å². The molecular weight excluding hydrogens is 472 g/mol. The van der Waals surface area contributed by atoms with E-state index in [-0.39, 0.29) is 24.6 Å². The van der Waals surface area contributed by atoms with E-state index in [0.29, 0.717) is 29.6 Å². The summed E-state index contributed by atoms with van der Waals surface area (Å²) in [5, 5.41) is 15.6. The molecule has 3 amide bonds. The fraction of sp³-hybridized carbons (Fsp3) is 0.520. The number of aromatic nitrogens is 1. The number of nitriles is 1. The second-order valence-electron chi connectivity index (χ2n) is 9.90. The summed E-state index contributed by atoms with van der Waals surface area (Å²) in [5.41, 5.74) is 0.891. The normalized spacial score (nSPS) is 27.4. The third-order valence-corrected chi connectivity index (χ3v) is 7.63. The molecule has 36 heavy (non-hydrogen) atoms. The second kappa shape index (κ2) is 9.08. The smallest absolute Gasteiger partial charge is 0.271 e. The number of aromatic amines is 1. The van der Waals surface area contributed by atoms with E-state index in [1.165, 1.54) is 12.0 Å². The lowest BCUT2D eigenvalue weighted by atomic mass is 9.92. The zero-order valence-corrected chi connectivity index (χ0v) is 19.7. The maximum absolute atomic E-state index is 14.3. The Morgan fingerprint density at radius 2 is 2.17 bits per heavy atom. The highest BCUT2D eigenvalue weighted by molar-refractivity contribution is 6.02. The van der Waals surface area contributed by atoms with E-state index in [2.05, 4.69) is 15.6 Å². The molecule has 3 aliphatic rings. The Balaban J connectivity index is 1.40. The number of hydrogen-bond donors (Lipinski definition) is 3. The van der Waals surface area contributed by atoms with Gasteiger partial charge in [0, 0.05) is 42.8 Å². The molecule has 2 aromatic rings. The number of benzene rings is 1. The van der Waals surface area contributed by atoms with E-state index >= 15 is 0 Å². The molecule has 1 aliphatic carbocycles. The number of nitrogens with one attached hydrogen (secondary N) is 3. The molecule has 2 saturated heterocycles. The van der Waals surface area contributed by atoms with E-state index in [1.807, 2.05) is 6.07 Å². The minimum Gasteiger partial charge on any atom is -0.496 e. The van der Waals surface area contributed by atoms with Crippen molar-refractivity contribution in [2.75, 3.05) is 20.2 Å². The first-order chi connectivity index (χ1) is 17.2. The van der Waals surface area contributed by atoms with Gasteiger partial charge in [-0.05, 0) is 42.9 Å². The highest BCUT2D eigenvalue weighted by atomic mass is 19.3. The molecule has 2 aliphatic heterocycles. The maximum Gasteiger partial charge on any atom is 0.271 e. The maximum atomic E-state index is 14.3. The van der Waals surface area contributed by atoms with Crippen LogP contribution in [0.25, 0.3) is 10.9 Å². The fourth-order valence-corrected chi connectivity index (χ4v) is 5.97. The standard InChI is InChI=1S/C25H27F2N5O4/c1-36-20-4-2-3-18-16(20)8-19(31-18)24(35)32-12-14-9-25(26,27)10-17(14)21(32)23(34)30-15(11-28)7-13-5-6-29-22(13)33/h2-4,8,13-15,17,21,31H,5-7,9-10,12H2,1H3,(H,29,33)(H,30,34)/t13-,14+,15-,17+,21+/m0/s1. The number of likely N-dealkylation sites (tertiary alicyclic amines) is 1. The van der Waals surface area contributed by atoms with Gasteiger partial charge in [0.15, 0.2) is 0 Å². The first kappa shape index (κ1) is 24.0. The lowest BCUT2D eigenvalue weighted by Gasteiger charge is -2.28. The Bertz CT molecular complexity index is 1250.